The Morgan fingerprint density at radius 3 is 1.41 bits per heavy atom. The van der Waals surface area contributed by atoms with Crippen molar-refractivity contribution in [2.45, 2.75) is 39.5 Å². The van der Waals surface area contributed by atoms with Gasteiger partial charge in [-0.2, -0.15) is 0 Å². The van der Waals surface area contributed by atoms with Gasteiger partial charge in [-0.05, 0) is 36.1 Å². The Balaban J connectivity index is 2.29. The molecule has 27 heavy (non-hydrogen) atoms. The Kier molecular flexibility index (Phi) is 9.84. The maximum atomic E-state index is 6.60. The minimum Gasteiger partial charge on any atom is -0.387 e. The van der Waals surface area contributed by atoms with Gasteiger partial charge < -0.3 is 8.85 Å². The Bertz CT molecular complexity index is 619. The molecular weight excluding hydrogens is 348 g/mol. The van der Waals surface area contributed by atoms with Crippen LogP contribution >= 0.6 is 0 Å². The van der Waals surface area contributed by atoms with Crippen LogP contribution in [0.15, 0.2) is 85.0 Å². The zero-order valence-electron chi connectivity index (χ0n) is 16.6. The molecule has 0 spiro atoms. The fraction of sp³-hybridized carbons (Fsp3) is 0.333. The van der Waals surface area contributed by atoms with Crippen LogP contribution in [0.25, 0.3) is 0 Å². The smallest absolute Gasteiger partial charge is 0.387 e. The third-order valence-electron chi connectivity index (χ3n) is 4.29. The van der Waals surface area contributed by atoms with Gasteiger partial charge >= 0.3 is 8.56 Å². The van der Waals surface area contributed by atoms with E-state index in [-0.39, 0.29) is 0 Å². The Morgan fingerprint density at radius 1 is 0.630 bits per heavy atom. The van der Waals surface area contributed by atoms with Crippen molar-refractivity contribution in [1.82, 2.24) is 0 Å². The predicted molar refractivity (Wildman–Crippen MR) is 118 cm³/mol. The molecule has 0 aliphatic carbocycles. The average molecular weight is 381 g/mol. The summed E-state index contributed by atoms with van der Waals surface area (Å²) < 4.78 is 13.2. The monoisotopic (exact) mass is 380 g/mol. The van der Waals surface area contributed by atoms with Crippen LogP contribution in [0.3, 0.4) is 0 Å². The summed E-state index contributed by atoms with van der Waals surface area (Å²) in [5, 5.41) is 2.32. The van der Waals surface area contributed by atoms with Gasteiger partial charge in [-0.15, -0.1) is 0 Å². The molecule has 0 atom stereocenters. The summed E-state index contributed by atoms with van der Waals surface area (Å²) in [6.07, 6.45) is 12.7. The molecule has 0 radical (unpaired) electrons. The van der Waals surface area contributed by atoms with Gasteiger partial charge in [0.2, 0.25) is 0 Å². The van der Waals surface area contributed by atoms with Crippen LogP contribution in [-0.2, 0) is 8.85 Å². The van der Waals surface area contributed by atoms with Gasteiger partial charge in [0.1, 0.15) is 0 Å². The van der Waals surface area contributed by atoms with E-state index in [1.807, 2.05) is 12.1 Å². The Morgan fingerprint density at radius 2 is 1.04 bits per heavy atom. The average Bonchev–Trinajstić information content (AvgIpc) is 2.73. The molecule has 0 saturated carbocycles. The van der Waals surface area contributed by atoms with Crippen molar-refractivity contribution >= 4 is 18.9 Å². The van der Waals surface area contributed by atoms with Gasteiger partial charge in [0.15, 0.2) is 0 Å². The second-order valence-electron chi connectivity index (χ2n) is 6.38. The second-order valence-corrected chi connectivity index (χ2v) is 9.35. The van der Waals surface area contributed by atoms with E-state index in [4.69, 9.17) is 8.85 Å². The first kappa shape index (κ1) is 21.4. The van der Waals surface area contributed by atoms with E-state index in [9.17, 15) is 0 Å². The normalized spacial score (nSPS) is 12.2. The first-order valence-corrected chi connectivity index (χ1v) is 11.8. The van der Waals surface area contributed by atoms with E-state index in [1.54, 1.807) is 0 Å². The third kappa shape index (κ3) is 6.62. The molecule has 0 unspecified atom stereocenters. The summed E-state index contributed by atoms with van der Waals surface area (Å²) in [6, 6.07) is 20.9. The highest BCUT2D eigenvalue weighted by molar-refractivity contribution is 6.92. The van der Waals surface area contributed by atoms with Crippen LogP contribution in [0, 0.1) is 0 Å². The lowest BCUT2D eigenvalue weighted by atomic mass is 10.3. The molecular formula is C24H32O2Si. The number of allylic oxidation sites excluding steroid dienone is 2. The highest BCUT2D eigenvalue weighted by atomic mass is 28.4. The van der Waals surface area contributed by atoms with Crippen molar-refractivity contribution in [3.8, 4) is 0 Å². The zero-order valence-corrected chi connectivity index (χ0v) is 17.6. The number of rotatable bonds is 12. The number of benzene rings is 2. The summed E-state index contributed by atoms with van der Waals surface area (Å²) in [5.41, 5.74) is 0. The molecule has 0 aliphatic heterocycles. The lowest BCUT2D eigenvalue weighted by molar-refractivity contribution is 0.197. The van der Waals surface area contributed by atoms with Crippen LogP contribution in [0.2, 0.25) is 0 Å². The summed E-state index contributed by atoms with van der Waals surface area (Å²) in [6.45, 7) is 5.63. The summed E-state index contributed by atoms with van der Waals surface area (Å²) in [4.78, 5) is 0. The number of hydrogen-bond donors (Lipinski definition) is 0. The molecule has 0 bridgehead atoms. The van der Waals surface area contributed by atoms with E-state index < -0.39 is 8.56 Å². The lowest BCUT2D eigenvalue weighted by Gasteiger charge is -2.31. The van der Waals surface area contributed by atoms with Gasteiger partial charge in [0.05, 0.1) is 0 Å². The Hall–Kier alpha value is -1.94. The van der Waals surface area contributed by atoms with Gasteiger partial charge in [-0.1, -0.05) is 98.8 Å². The molecule has 2 aromatic carbocycles. The van der Waals surface area contributed by atoms with Crippen LogP contribution < -0.4 is 10.4 Å². The topological polar surface area (TPSA) is 18.5 Å². The molecule has 0 fully saturated rings. The second kappa shape index (κ2) is 12.4. The maximum Gasteiger partial charge on any atom is 0.407 e. The lowest BCUT2D eigenvalue weighted by Crippen LogP contribution is -2.63. The van der Waals surface area contributed by atoms with E-state index in [0.29, 0.717) is 13.2 Å². The van der Waals surface area contributed by atoms with Crippen LogP contribution in [0.1, 0.15) is 39.5 Å². The summed E-state index contributed by atoms with van der Waals surface area (Å²) in [7, 11) is -2.74. The first-order valence-electron chi connectivity index (χ1n) is 10.0. The quantitative estimate of drug-likeness (QED) is 0.293. The van der Waals surface area contributed by atoms with Crippen molar-refractivity contribution in [2.75, 3.05) is 13.2 Å². The molecule has 0 heterocycles. The molecule has 0 amide bonds. The van der Waals surface area contributed by atoms with E-state index in [2.05, 4.69) is 86.7 Å². The van der Waals surface area contributed by atoms with Gasteiger partial charge in [0.25, 0.3) is 0 Å². The molecule has 3 heteroatoms. The molecule has 2 nitrogen and oxygen atoms in total. The highest BCUT2D eigenvalue weighted by Crippen LogP contribution is 2.12. The molecule has 0 saturated heterocycles. The summed E-state index contributed by atoms with van der Waals surface area (Å²) in [5.74, 6) is 0. The molecule has 2 aromatic rings. The molecule has 0 aromatic heterocycles. The van der Waals surface area contributed by atoms with Crippen molar-refractivity contribution in [2.24, 2.45) is 0 Å². The van der Waals surface area contributed by atoms with Crippen molar-refractivity contribution in [3.05, 3.63) is 85.0 Å². The van der Waals surface area contributed by atoms with Crippen LogP contribution in [0.4, 0.5) is 0 Å². The molecule has 144 valence electrons. The van der Waals surface area contributed by atoms with Crippen LogP contribution in [-0.4, -0.2) is 21.8 Å². The summed E-state index contributed by atoms with van der Waals surface area (Å²) >= 11 is 0. The third-order valence-corrected chi connectivity index (χ3v) is 7.70. The fourth-order valence-corrected chi connectivity index (χ4v) is 6.12. The number of hydrogen-bond acceptors (Lipinski definition) is 2. The van der Waals surface area contributed by atoms with E-state index >= 15 is 0 Å². The maximum absolute atomic E-state index is 6.60. The van der Waals surface area contributed by atoms with Crippen molar-refractivity contribution in [3.63, 3.8) is 0 Å². The van der Waals surface area contributed by atoms with Crippen LogP contribution in [0.5, 0.6) is 0 Å². The molecule has 0 N–H and O–H groups in total. The minimum absolute atomic E-state index is 0.664. The largest absolute Gasteiger partial charge is 0.407 e. The fourth-order valence-electron chi connectivity index (χ4n) is 2.97. The zero-order chi connectivity index (χ0) is 19.2. The van der Waals surface area contributed by atoms with E-state index in [1.165, 1.54) is 0 Å². The van der Waals surface area contributed by atoms with Gasteiger partial charge in [-0.3, -0.25) is 0 Å². The van der Waals surface area contributed by atoms with Crippen molar-refractivity contribution in [1.29, 1.82) is 0 Å². The minimum atomic E-state index is -2.74. The van der Waals surface area contributed by atoms with Gasteiger partial charge in [-0.25, -0.2) is 0 Å². The Labute approximate surface area is 165 Å². The molecule has 2 rings (SSSR count). The SMILES string of the molecule is CC/C=C\CCO[Si](OCC/C=C\CC)(c1ccccc1)c1ccccc1. The first-order chi connectivity index (χ1) is 13.3. The van der Waals surface area contributed by atoms with E-state index in [0.717, 1.165) is 36.1 Å². The van der Waals surface area contributed by atoms with Gasteiger partial charge in [0, 0.05) is 13.2 Å². The predicted octanol–water partition coefficient (Wildman–Crippen LogP) is 4.99. The molecule has 0 aliphatic rings. The standard InChI is InChI=1S/C24H32O2Si/c1-3-5-7-15-21-25-27(23-17-11-9-12-18-23,24-19-13-10-14-20-24)26-22-16-8-6-4-2/h5-14,17-20H,3-4,15-16,21-22H2,1-2H3/b7-5-,8-6-. The highest BCUT2D eigenvalue weighted by Gasteiger charge is 2.42. The van der Waals surface area contributed by atoms with Crippen molar-refractivity contribution < 1.29 is 8.85 Å².